The van der Waals surface area contributed by atoms with Gasteiger partial charge in [-0.2, -0.15) is 0 Å². The first-order chi connectivity index (χ1) is 16.6. The molecule has 198 valence electrons. The first kappa shape index (κ1) is 30.6. The van der Waals surface area contributed by atoms with Crippen molar-refractivity contribution in [1.82, 2.24) is 10.6 Å². The van der Waals surface area contributed by atoms with Gasteiger partial charge in [0.25, 0.3) is 5.91 Å². The second-order valence-corrected chi connectivity index (χ2v) is 7.14. The third kappa shape index (κ3) is 11.2. The van der Waals surface area contributed by atoms with Crippen molar-refractivity contribution in [1.29, 1.82) is 0 Å². The van der Waals surface area contributed by atoms with E-state index in [1.165, 1.54) is 12.0 Å². The van der Waals surface area contributed by atoms with Crippen molar-refractivity contribution in [3.05, 3.63) is 23.8 Å². The number of carbonyl (C=O) groups excluding carboxylic acids is 3. The number of nitrogens with two attached hydrogens (primary N) is 1. The minimum Gasteiger partial charge on any atom is -0.495 e. The smallest absolute Gasteiger partial charge is 0.328 e. The minimum absolute atomic E-state index is 0. The van der Waals surface area contributed by atoms with Crippen LogP contribution in [0.2, 0.25) is 0 Å². The third-order valence-corrected chi connectivity index (χ3v) is 4.70. The van der Waals surface area contributed by atoms with E-state index in [-0.39, 0.29) is 37.2 Å². The fourth-order valence-corrected chi connectivity index (χ4v) is 3.02. The molecule has 0 aromatic heterocycles. The number of hydrogen-bond donors (Lipinski definition) is 3. The van der Waals surface area contributed by atoms with Crippen LogP contribution in [0.15, 0.2) is 18.2 Å². The molecule has 0 spiro atoms. The Morgan fingerprint density at radius 3 is 2.17 bits per heavy atom. The summed E-state index contributed by atoms with van der Waals surface area (Å²) in [6.07, 6.45) is 0.195. The lowest BCUT2D eigenvalue weighted by Gasteiger charge is -2.28. The van der Waals surface area contributed by atoms with E-state index in [9.17, 15) is 14.4 Å². The Morgan fingerprint density at radius 2 is 1.60 bits per heavy atom. The van der Waals surface area contributed by atoms with Crippen LogP contribution in [0.1, 0.15) is 16.8 Å². The maximum absolute atomic E-state index is 12.4. The fraction of sp³-hybridized carbons (Fsp3) is 0.591. The summed E-state index contributed by atoms with van der Waals surface area (Å²) in [5.74, 6) is -0.257. The maximum atomic E-state index is 12.4. The number of nitrogens with zero attached hydrogens (tertiary/aromatic N) is 1. The zero-order chi connectivity index (χ0) is 24.6. The quantitative estimate of drug-likeness (QED) is 0.248. The molecule has 1 aromatic rings. The molecule has 1 heterocycles. The number of amides is 4. The highest BCUT2D eigenvalue weighted by atomic mass is 35.5. The predicted molar refractivity (Wildman–Crippen MR) is 130 cm³/mol. The monoisotopic (exact) mass is 518 g/mol. The molecule has 1 fully saturated rings. The maximum Gasteiger partial charge on any atom is 0.328 e. The Morgan fingerprint density at radius 1 is 1.00 bits per heavy atom. The average molecular weight is 519 g/mol. The van der Waals surface area contributed by atoms with Gasteiger partial charge in [-0.05, 0) is 18.2 Å². The van der Waals surface area contributed by atoms with Crippen molar-refractivity contribution in [3.63, 3.8) is 0 Å². The number of methoxy groups -OCH3 is 1. The molecule has 0 aliphatic carbocycles. The number of nitrogens with one attached hydrogen (secondary N) is 2. The van der Waals surface area contributed by atoms with Gasteiger partial charge in [0.2, 0.25) is 5.91 Å². The van der Waals surface area contributed by atoms with Crippen LogP contribution in [0.5, 0.6) is 5.75 Å². The minimum atomic E-state index is -0.520. The molecule has 0 atom stereocenters. The van der Waals surface area contributed by atoms with Crippen molar-refractivity contribution >= 4 is 35.9 Å². The average Bonchev–Trinajstić information content (AvgIpc) is 2.84. The van der Waals surface area contributed by atoms with E-state index >= 15 is 0 Å². The van der Waals surface area contributed by atoms with Gasteiger partial charge in [0.1, 0.15) is 5.75 Å². The Balaban J connectivity index is 0.00000612. The number of imide groups is 1. The molecule has 4 amide bonds. The van der Waals surface area contributed by atoms with Crippen LogP contribution < -0.4 is 26.0 Å². The predicted octanol–water partition coefficient (Wildman–Crippen LogP) is 0.318. The first-order valence-electron chi connectivity index (χ1n) is 11.2. The van der Waals surface area contributed by atoms with Crippen molar-refractivity contribution in [3.8, 4) is 5.75 Å². The van der Waals surface area contributed by atoms with Gasteiger partial charge in [-0.3, -0.25) is 19.8 Å². The molecule has 1 aliphatic rings. The van der Waals surface area contributed by atoms with Gasteiger partial charge in [0.05, 0.1) is 65.7 Å². The van der Waals surface area contributed by atoms with E-state index in [1.807, 2.05) is 0 Å². The van der Waals surface area contributed by atoms with Gasteiger partial charge in [-0.15, -0.1) is 12.4 Å². The number of halogens is 1. The van der Waals surface area contributed by atoms with E-state index in [2.05, 4.69) is 10.6 Å². The van der Waals surface area contributed by atoms with Gasteiger partial charge in [-0.25, -0.2) is 4.79 Å². The lowest BCUT2D eigenvalue weighted by molar-refractivity contribution is -0.120. The molecule has 2 rings (SSSR count). The van der Waals surface area contributed by atoms with E-state index in [0.29, 0.717) is 82.9 Å². The zero-order valence-electron chi connectivity index (χ0n) is 19.9. The summed E-state index contributed by atoms with van der Waals surface area (Å²) < 4.78 is 26.7. The molecule has 0 radical (unpaired) electrons. The largest absolute Gasteiger partial charge is 0.495 e. The van der Waals surface area contributed by atoms with Gasteiger partial charge >= 0.3 is 6.03 Å². The highest BCUT2D eigenvalue weighted by Crippen LogP contribution is 2.30. The lowest BCUT2D eigenvalue weighted by atomic mass is 10.1. The summed E-state index contributed by atoms with van der Waals surface area (Å²) >= 11 is 0. The number of rotatable bonds is 17. The Labute approximate surface area is 211 Å². The number of hydrogen-bond acceptors (Lipinski definition) is 9. The molecule has 13 heteroatoms. The third-order valence-electron chi connectivity index (χ3n) is 4.70. The van der Waals surface area contributed by atoms with Gasteiger partial charge in [0.15, 0.2) is 0 Å². The molecule has 1 aromatic carbocycles. The van der Waals surface area contributed by atoms with E-state index in [1.54, 1.807) is 18.2 Å². The highest BCUT2D eigenvalue weighted by molar-refractivity contribution is 6.06. The number of carbonyl (C=O) groups is 3. The molecule has 0 bridgehead atoms. The van der Waals surface area contributed by atoms with Crippen LogP contribution in [0.4, 0.5) is 10.5 Å². The fourth-order valence-electron chi connectivity index (χ4n) is 3.02. The molecule has 12 nitrogen and oxygen atoms in total. The van der Waals surface area contributed by atoms with Crippen molar-refractivity contribution in [2.75, 3.05) is 84.5 Å². The van der Waals surface area contributed by atoms with E-state index in [4.69, 9.17) is 29.4 Å². The van der Waals surface area contributed by atoms with Crippen LogP contribution in [0.25, 0.3) is 0 Å². The molecule has 0 unspecified atom stereocenters. The van der Waals surface area contributed by atoms with Crippen LogP contribution in [0, 0.1) is 0 Å². The SMILES string of the molecule is COc1cc(C(=O)NCCOCCOCCOCCOCCN)ccc1N1CCC(=O)NC1=O.Cl. The Kier molecular flexibility index (Phi) is 15.6. The molecule has 35 heavy (non-hydrogen) atoms. The van der Waals surface area contributed by atoms with Crippen LogP contribution in [0.3, 0.4) is 0 Å². The number of ether oxygens (including phenoxy) is 5. The summed E-state index contributed by atoms with van der Waals surface area (Å²) in [5.41, 5.74) is 6.18. The zero-order valence-corrected chi connectivity index (χ0v) is 20.7. The van der Waals surface area contributed by atoms with Crippen LogP contribution >= 0.6 is 12.4 Å². The second kappa shape index (κ2) is 17.9. The van der Waals surface area contributed by atoms with Gasteiger partial charge in [-0.1, -0.05) is 0 Å². The first-order valence-corrected chi connectivity index (χ1v) is 11.2. The Bertz CT molecular complexity index is 799. The van der Waals surface area contributed by atoms with Gasteiger partial charge in [0, 0.05) is 31.6 Å². The number of urea groups is 1. The lowest BCUT2D eigenvalue weighted by Crippen LogP contribution is -2.49. The van der Waals surface area contributed by atoms with Crippen molar-refractivity contribution in [2.45, 2.75) is 6.42 Å². The van der Waals surface area contributed by atoms with Crippen molar-refractivity contribution in [2.24, 2.45) is 5.73 Å². The summed E-state index contributed by atoms with van der Waals surface area (Å²) in [5, 5.41) is 5.03. The molecule has 1 saturated heterocycles. The van der Waals surface area contributed by atoms with Crippen molar-refractivity contribution < 1.29 is 38.1 Å². The van der Waals surface area contributed by atoms with Gasteiger partial charge < -0.3 is 34.7 Å². The van der Waals surface area contributed by atoms with Crippen LogP contribution in [-0.4, -0.2) is 97.4 Å². The summed E-state index contributed by atoms with van der Waals surface area (Å²) in [7, 11) is 1.45. The topological polar surface area (TPSA) is 151 Å². The summed E-state index contributed by atoms with van der Waals surface area (Å²) in [4.78, 5) is 37.2. The van der Waals surface area contributed by atoms with Crippen LogP contribution in [-0.2, 0) is 23.7 Å². The molecule has 0 saturated carbocycles. The number of anilines is 1. The van der Waals surface area contributed by atoms with E-state index < -0.39 is 6.03 Å². The summed E-state index contributed by atoms with van der Waals surface area (Å²) in [6.45, 7) is 4.71. The molecule has 4 N–H and O–H groups in total. The molecule has 1 aliphatic heterocycles. The molecular formula is C22H35ClN4O8. The Hall–Kier alpha value is -2.48. The highest BCUT2D eigenvalue weighted by Gasteiger charge is 2.26. The molecular weight excluding hydrogens is 484 g/mol. The second-order valence-electron chi connectivity index (χ2n) is 7.14. The normalized spacial score (nSPS) is 13.3. The summed E-state index contributed by atoms with van der Waals surface area (Å²) in [6, 6.07) is 4.25. The van der Waals surface area contributed by atoms with E-state index in [0.717, 1.165) is 0 Å². The standard InChI is InChI=1S/C22H34N4O8.ClH/c1-30-19-16-17(2-3-18(19)26-7-4-20(27)25-22(26)29)21(28)24-6-9-32-11-13-34-15-14-33-12-10-31-8-5-23;/h2-3,16H,4-15,23H2,1H3,(H,24,28)(H,25,27,29);1H. The number of benzene rings is 1.